The molecule has 0 aromatic heterocycles. The molecule has 0 bridgehead atoms. The van der Waals surface area contributed by atoms with Crippen molar-refractivity contribution in [2.75, 3.05) is 19.6 Å². The summed E-state index contributed by atoms with van der Waals surface area (Å²) in [7, 11) is 0. The lowest BCUT2D eigenvalue weighted by Crippen LogP contribution is -2.54. The summed E-state index contributed by atoms with van der Waals surface area (Å²) in [6.07, 6.45) is 10.8. The fraction of sp³-hybridized carbons (Fsp3) is 0.739. The molecule has 2 amide bonds. The van der Waals surface area contributed by atoms with Gasteiger partial charge in [-0.05, 0) is 38.0 Å². The van der Waals surface area contributed by atoms with Crippen LogP contribution in [0.1, 0.15) is 64.2 Å². The third kappa shape index (κ3) is 7.87. The maximum absolute atomic E-state index is 13.4. The lowest BCUT2D eigenvalue weighted by atomic mass is 9.84. The van der Waals surface area contributed by atoms with Crippen LogP contribution in [0.4, 0.5) is 0 Å². The summed E-state index contributed by atoms with van der Waals surface area (Å²) < 4.78 is 0. The van der Waals surface area contributed by atoms with Gasteiger partial charge in [-0.15, -0.1) is 12.4 Å². The third-order valence-corrected chi connectivity index (χ3v) is 7.05. The van der Waals surface area contributed by atoms with Crippen molar-refractivity contribution < 1.29 is 19.5 Å². The minimum atomic E-state index is -0.992. The number of hydrogen-bond donors (Lipinski definition) is 6. The normalized spacial score (nSPS) is 23.8. The van der Waals surface area contributed by atoms with Crippen LogP contribution in [0.25, 0.3) is 0 Å². The van der Waals surface area contributed by atoms with Gasteiger partial charge in [0, 0.05) is 30.9 Å². The average Bonchev–Trinajstić information content (AvgIpc) is 3.30. The number of carboxylic acids is 1. The third-order valence-electron chi connectivity index (χ3n) is 7.05. The van der Waals surface area contributed by atoms with Crippen LogP contribution in [0.5, 0.6) is 0 Å². The number of carbonyl (C=O) groups is 3. The van der Waals surface area contributed by atoms with E-state index in [1.165, 1.54) is 6.42 Å². The van der Waals surface area contributed by atoms with Crippen LogP contribution < -0.4 is 21.7 Å². The Morgan fingerprint density at radius 1 is 1.18 bits per heavy atom. The molecule has 10 nitrogen and oxygen atoms in total. The molecule has 3 aliphatic rings. The van der Waals surface area contributed by atoms with Crippen molar-refractivity contribution >= 4 is 36.0 Å². The molecule has 192 valence electrons. The van der Waals surface area contributed by atoms with E-state index in [1.54, 1.807) is 11.1 Å². The Balaban J connectivity index is 0.00000408. The first-order valence-corrected chi connectivity index (χ1v) is 12.2. The van der Waals surface area contributed by atoms with E-state index < -0.39 is 18.1 Å². The summed E-state index contributed by atoms with van der Waals surface area (Å²) in [6.45, 7) is 0.679. The van der Waals surface area contributed by atoms with Gasteiger partial charge < -0.3 is 26.4 Å². The molecule has 0 aromatic carbocycles. The maximum atomic E-state index is 13.4. The molecule has 3 rings (SSSR count). The number of amides is 2. The van der Waals surface area contributed by atoms with Gasteiger partial charge in [0.1, 0.15) is 11.9 Å². The van der Waals surface area contributed by atoms with Crippen molar-refractivity contribution in [2.45, 2.75) is 82.3 Å². The standard InChI is InChI=1S/C23H38N6O4.ClH/c24-21(25)16-8-9-17(26-12-16)13-28-22(32)19-7-4-10-29(19)23(33)18(27-14-20(30)31)11-15-5-2-1-3-6-15;/h12,15,17-19,26-27H,1-11,13-14H2,(H3,24,25)(H,28,32)(H,30,31);1H/t17?,18-,19+;/m1./s1. The minimum absolute atomic E-state index is 0. The van der Waals surface area contributed by atoms with E-state index >= 15 is 0 Å². The molecule has 1 unspecified atom stereocenters. The molecule has 0 spiro atoms. The van der Waals surface area contributed by atoms with Gasteiger partial charge in [-0.3, -0.25) is 25.1 Å². The number of carbonyl (C=O) groups excluding carboxylic acids is 2. The van der Waals surface area contributed by atoms with Crippen LogP contribution in [-0.4, -0.2) is 71.4 Å². The second-order valence-corrected chi connectivity index (χ2v) is 9.49. The van der Waals surface area contributed by atoms with Crippen LogP contribution in [0.3, 0.4) is 0 Å². The number of aliphatic carboxylic acids is 1. The predicted molar refractivity (Wildman–Crippen MR) is 132 cm³/mol. The van der Waals surface area contributed by atoms with Crippen molar-refractivity contribution in [2.24, 2.45) is 11.7 Å². The second kappa shape index (κ2) is 13.5. The van der Waals surface area contributed by atoms with Gasteiger partial charge in [0.25, 0.3) is 0 Å². The zero-order chi connectivity index (χ0) is 23.8. The maximum Gasteiger partial charge on any atom is 0.317 e. The number of halogens is 1. The molecule has 0 aromatic rings. The Hall–Kier alpha value is -2.33. The lowest BCUT2D eigenvalue weighted by molar-refractivity contribution is -0.141. The zero-order valence-corrected chi connectivity index (χ0v) is 20.5. The summed E-state index contributed by atoms with van der Waals surface area (Å²) >= 11 is 0. The number of carboxylic acid groups (broad SMARTS) is 1. The highest BCUT2D eigenvalue weighted by Gasteiger charge is 2.38. The fourth-order valence-electron chi connectivity index (χ4n) is 5.16. The zero-order valence-electron chi connectivity index (χ0n) is 19.7. The molecule has 2 aliphatic heterocycles. The molecule has 3 atom stereocenters. The summed E-state index contributed by atoms with van der Waals surface area (Å²) in [5.41, 5.74) is 6.28. The number of nitrogens with zero attached hydrogens (tertiary/aromatic N) is 1. The molecular formula is C23H39ClN6O4. The van der Waals surface area contributed by atoms with Gasteiger partial charge in [-0.1, -0.05) is 32.1 Å². The van der Waals surface area contributed by atoms with Crippen molar-refractivity contribution in [1.29, 1.82) is 5.41 Å². The summed E-state index contributed by atoms with van der Waals surface area (Å²) in [4.78, 5) is 39.1. The van der Waals surface area contributed by atoms with Crippen LogP contribution in [0.15, 0.2) is 11.8 Å². The van der Waals surface area contributed by atoms with Gasteiger partial charge in [0.15, 0.2) is 0 Å². The van der Waals surface area contributed by atoms with Gasteiger partial charge in [-0.25, -0.2) is 0 Å². The average molecular weight is 499 g/mol. The molecule has 1 aliphatic carbocycles. The first kappa shape index (κ1) is 27.9. The number of amidine groups is 1. The SMILES string of the molecule is Cl.N=C(N)C1=CNC(CNC(=O)[C@@H]2CCCN2C(=O)[C@@H](CC2CCCCC2)NCC(=O)O)CC1. The van der Waals surface area contributed by atoms with E-state index in [4.69, 9.17) is 16.2 Å². The fourth-order valence-corrected chi connectivity index (χ4v) is 5.16. The van der Waals surface area contributed by atoms with E-state index in [1.807, 2.05) is 0 Å². The van der Waals surface area contributed by atoms with E-state index in [0.29, 0.717) is 38.3 Å². The van der Waals surface area contributed by atoms with Gasteiger partial charge >= 0.3 is 5.97 Å². The highest BCUT2D eigenvalue weighted by Crippen LogP contribution is 2.29. The molecule has 0 radical (unpaired) electrons. The Bertz CT molecular complexity index is 771. The first-order valence-electron chi connectivity index (χ1n) is 12.2. The minimum Gasteiger partial charge on any atom is -0.480 e. The van der Waals surface area contributed by atoms with Crippen LogP contribution in [0, 0.1) is 11.3 Å². The molecule has 34 heavy (non-hydrogen) atoms. The van der Waals surface area contributed by atoms with Gasteiger partial charge in [0.2, 0.25) is 11.8 Å². The number of rotatable bonds is 10. The number of nitrogens with one attached hydrogen (secondary N) is 4. The predicted octanol–water partition coefficient (Wildman–Crippen LogP) is 1.10. The van der Waals surface area contributed by atoms with E-state index in [0.717, 1.165) is 44.1 Å². The van der Waals surface area contributed by atoms with Crippen LogP contribution in [0.2, 0.25) is 0 Å². The molecular weight excluding hydrogens is 460 g/mol. The summed E-state index contributed by atoms with van der Waals surface area (Å²) in [5.74, 6) is -0.851. The summed E-state index contributed by atoms with van der Waals surface area (Å²) in [5, 5.41) is 25.7. The molecule has 1 saturated carbocycles. The van der Waals surface area contributed by atoms with Crippen molar-refractivity contribution in [3.63, 3.8) is 0 Å². The number of likely N-dealkylation sites (tertiary alicyclic amines) is 1. The van der Waals surface area contributed by atoms with Crippen LogP contribution >= 0.6 is 12.4 Å². The molecule has 2 heterocycles. The monoisotopic (exact) mass is 498 g/mol. The van der Waals surface area contributed by atoms with Crippen molar-refractivity contribution in [3.05, 3.63) is 11.8 Å². The van der Waals surface area contributed by atoms with Crippen LogP contribution in [-0.2, 0) is 14.4 Å². The first-order chi connectivity index (χ1) is 15.8. The number of nitrogens with two attached hydrogens (primary N) is 1. The summed E-state index contributed by atoms with van der Waals surface area (Å²) in [6, 6.07) is -1.04. The van der Waals surface area contributed by atoms with E-state index in [9.17, 15) is 14.4 Å². The molecule has 11 heteroatoms. The Kier molecular flexibility index (Phi) is 11.1. The highest BCUT2D eigenvalue weighted by molar-refractivity contribution is 5.94. The largest absolute Gasteiger partial charge is 0.480 e. The smallest absolute Gasteiger partial charge is 0.317 e. The second-order valence-electron chi connectivity index (χ2n) is 9.49. The van der Waals surface area contributed by atoms with Gasteiger partial charge in [-0.2, -0.15) is 0 Å². The Labute approximate surface area is 207 Å². The topological polar surface area (TPSA) is 161 Å². The quantitative estimate of drug-likeness (QED) is 0.194. The van der Waals surface area contributed by atoms with Crippen molar-refractivity contribution in [3.8, 4) is 0 Å². The number of hydrogen-bond acceptors (Lipinski definition) is 6. The lowest BCUT2D eigenvalue weighted by Gasteiger charge is -2.32. The Morgan fingerprint density at radius 2 is 1.91 bits per heavy atom. The molecule has 1 saturated heterocycles. The highest BCUT2D eigenvalue weighted by atomic mass is 35.5. The Morgan fingerprint density at radius 3 is 2.53 bits per heavy atom. The van der Waals surface area contributed by atoms with Crippen molar-refractivity contribution in [1.82, 2.24) is 20.9 Å². The van der Waals surface area contributed by atoms with Gasteiger partial charge in [0.05, 0.1) is 12.6 Å². The molecule has 2 fully saturated rings. The molecule has 7 N–H and O–H groups in total. The van der Waals surface area contributed by atoms with E-state index in [2.05, 4.69) is 16.0 Å². The van der Waals surface area contributed by atoms with E-state index in [-0.39, 0.29) is 42.6 Å².